The van der Waals surface area contributed by atoms with Gasteiger partial charge in [0.05, 0.1) is 0 Å². The Balaban J connectivity index is 2.04. The van der Waals surface area contributed by atoms with Crippen molar-refractivity contribution >= 4 is 15.9 Å². The molecule has 2 atom stereocenters. The first-order valence-corrected chi connectivity index (χ1v) is 8.59. The van der Waals surface area contributed by atoms with Crippen molar-refractivity contribution in [3.8, 4) is 0 Å². The third kappa shape index (κ3) is 4.57. The van der Waals surface area contributed by atoms with Crippen LogP contribution in [-0.2, 0) is 6.54 Å². The third-order valence-corrected chi connectivity index (χ3v) is 4.68. The lowest BCUT2D eigenvalue weighted by atomic mass is 9.97. The maximum absolute atomic E-state index is 3.70. The summed E-state index contributed by atoms with van der Waals surface area (Å²) in [5, 5.41) is 3.70. The standard InChI is InChI=1S/C17H27BrN2/c1-4-16-12-20(17(10-19-16)9-13(2)3)11-14-5-7-15(18)8-6-14/h5-8,13,16-17,19H,4,9-12H2,1-3H3. The van der Waals surface area contributed by atoms with Crippen molar-refractivity contribution in [1.29, 1.82) is 0 Å². The first-order chi connectivity index (χ1) is 9.58. The van der Waals surface area contributed by atoms with Gasteiger partial charge in [-0.15, -0.1) is 0 Å². The van der Waals surface area contributed by atoms with Gasteiger partial charge in [-0.25, -0.2) is 0 Å². The highest BCUT2D eigenvalue weighted by atomic mass is 79.9. The molecule has 20 heavy (non-hydrogen) atoms. The molecule has 1 aromatic carbocycles. The molecule has 1 heterocycles. The summed E-state index contributed by atoms with van der Waals surface area (Å²) in [5.41, 5.74) is 1.42. The van der Waals surface area contributed by atoms with E-state index in [9.17, 15) is 0 Å². The van der Waals surface area contributed by atoms with E-state index in [2.05, 4.69) is 71.2 Å². The number of rotatable bonds is 5. The number of hydrogen-bond donors (Lipinski definition) is 1. The van der Waals surface area contributed by atoms with Gasteiger partial charge in [-0.05, 0) is 36.5 Å². The van der Waals surface area contributed by atoms with Crippen LogP contribution in [0.3, 0.4) is 0 Å². The largest absolute Gasteiger partial charge is 0.311 e. The van der Waals surface area contributed by atoms with E-state index in [0.717, 1.165) is 23.5 Å². The van der Waals surface area contributed by atoms with E-state index in [4.69, 9.17) is 0 Å². The summed E-state index contributed by atoms with van der Waals surface area (Å²) < 4.78 is 1.16. The van der Waals surface area contributed by atoms with Crippen molar-refractivity contribution in [2.24, 2.45) is 5.92 Å². The molecule has 0 saturated carbocycles. The highest BCUT2D eigenvalue weighted by Gasteiger charge is 2.27. The van der Waals surface area contributed by atoms with Gasteiger partial charge in [0.15, 0.2) is 0 Å². The zero-order chi connectivity index (χ0) is 14.5. The lowest BCUT2D eigenvalue weighted by Gasteiger charge is -2.41. The maximum Gasteiger partial charge on any atom is 0.0237 e. The molecule has 0 bridgehead atoms. The van der Waals surface area contributed by atoms with Crippen LogP contribution in [0.15, 0.2) is 28.7 Å². The second-order valence-corrected chi connectivity index (χ2v) is 7.27. The van der Waals surface area contributed by atoms with Crippen molar-refractivity contribution in [3.05, 3.63) is 34.3 Å². The molecular formula is C17H27BrN2. The quantitative estimate of drug-likeness (QED) is 0.871. The minimum Gasteiger partial charge on any atom is -0.311 e. The zero-order valence-corrected chi connectivity index (χ0v) is 14.5. The van der Waals surface area contributed by atoms with Gasteiger partial charge in [0.2, 0.25) is 0 Å². The van der Waals surface area contributed by atoms with Gasteiger partial charge in [0, 0.05) is 36.2 Å². The first-order valence-electron chi connectivity index (χ1n) is 7.80. The van der Waals surface area contributed by atoms with Crippen LogP contribution < -0.4 is 5.32 Å². The Bertz CT molecular complexity index is 402. The molecule has 1 N–H and O–H groups in total. The van der Waals surface area contributed by atoms with Crippen molar-refractivity contribution in [2.45, 2.75) is 52.2 Å². The van der Waals surface area contributed by atoms with Crippen LogP contribution in [0.5, 0.6) is 0 Å². The second kappa shape index (κ2) is 7.58. The van der Waals surface area contributed by atoms with E-state index < -0.39 is 0 Å². The molecule has 1 aromatic rings. The van der Waals surface area contributed by atoms with Gasteiger partial charge >= 0.3 is 0 Å². The van der Waals surface area contributed by atoms with E-state index in [1.165, 1.54) is 24.9 Å². The van der Waals surface area contributed by atoms with Crippen molar-refractivity contribution < 1.29 is 0 Å². The second-order valence-electron chi connectivity index (χ2n) is 6.35. The van der Waals surface area contributed by atoms with Crippen molar-refractivity contribution in [2.75, 3.05) is 13.1 Å². The van der Waals surface area contributed by atoms with Crippen LogP contribution in [0.1, 0.15) is 39.2 Å². The van der Waals surface area contributed by atoms with Gasteiger partial charge in [0.1, 0.15) is 0 Å². The average molecular weight is 339 g/mol. The van der Waals surface area contributed by atoms with Gasteiger partial charge < -0.3 is 5.32 Å². The number of benzene rings is 1. The Hall–Kier alpha value is -0.380. The van der Waals surface area contributed by atoms with Crippen molar-refractivity contribution in [1.82, 2.24) is 10.2 Å². The van der Waals surface area contributed by atoms with E-state index >= 15 is 0 Å². The molecule has 0 amide bonds. The van der Waals surface area contributed by atoms with Crippen LogP contribution in [0.2, 0.25) is 0 Å². The van der Waals surface area contributed by atoms with Gasteiger partial charge in [-0.3, -0.25) is 4.90 Å². The number of nitrogens with one attached hydrogen (secondary N) is 1. The van der Waals surface area contributed by atoms with Crippen LogP contribution in [0.4, 0.5) is 0 Å². The first kappa shape index (κ1) is 16.0. The molecule has 1 aliphatic heterocycles. The summed E-state index contributed by atoms with van der Waals surface area (Å²) >= 11 is 3.51. The minimum absolute atomic E-state index is 0.647. The lowest BCUT2D eigenvalue weighted by molar-refractivity contribution is 0.105. The van der Waals surface area contributed by atoms with Crippen LogP contribution in [0.25, 0.3) is 0 Å². The Morgan fingerprint density at radius 2 is 2.00 bits per heavy atom. The molecule has 112 valence electrons. The normalized spacial score (nSPS) is 24.2. The molecule has 2 unspecified atom stereocenters. The molecular weight excluding hydrogens is 312 g/mol. The Morgan fingerprint density at radius 1 is 1.30 bits per heavy atom. The number of nitrogens with zero attached hydrogens (tertiary/aromatic N) is 1. The molecule has 1 saturated heterocycles. The fourth-order valence-corrected chi connectivity index (χ4v) is 3.26. The van der Waals surface area contributed by atoms with Gasteiger partial charge in [-0.2, -0.15) is 0 Å². The maximum atomic E-state index is 3.70. The predicted octanol–water partition coefficient (Wildman–Crippen LogP) is 4.05. The van der Waals surface area contributed by atoms with Crippen LogP contribution in [-0.4, -0.2) is 30.1 Å². The third-order valence-electron chi connectivity index (χ3n) is 4.15. The van der Waals surface area contributed by atoms with Crippen molar-refractivity contribution in [3.63, 3.8) is 0 Å². The molecule has 2 rings (SSSR count). The lowest BCUT2D eigenvalue weighted by Crippen LogP contribution is -2.56. The van der Waals surface area contributed by atoms with E-state index in [1.807, 2.05) is 0 Å². The topological polar surface area (TPSA) is 15.3 Å². The Kier molecular flexibility index (Phi) is 6.06. The van der Waals surface area contributed by atoms with Gasteiger partial charge in [0.25, 0.3) is 0 Å². The fourth-order valence-electron chi connectivity index (χ4n) is 3.00. The number of hydrogen-bond acceptors (Lipinski definition) is 2. The molecule has 3 heteroatoms. The summed E-state index contributed by atoms with van der Waals surface area (Å²) in [6.07, 6.45) is 2.49. The summed E-state index contributed by atoms with van der Waals surface area (Å²) in [5.74, 6) is 0.757. The molecule has 0 aromatic heterocycles. The summed E-state index contributed by atoms with van der Waals surface area (Å²) in [6.45, 7) is 10.3. The smallest absolute Gasteiger partial charge is 0.0237 e. The molecule has 1 fully saturated rings. The molecule has 2 nitrogen and oxygen atoms in total. The Labute approximate surface area is 132 Å². The van der Waals surface area contributed by atoms with Crippen LogP contribution in [0, 0.1) is 5.92 Å². The molecule has 0 spiro atoms. The summed E-state index contributed by atoms with van der Waals surface area (Å²) in [7, 11) is 0. The Morgan fingerprint density at radius 3 is 2.60 bits per heavy atom. The molecule has 0 aliphatic carbocycles. The SMILES string of the molecule is CCC1CN(Cc2ccc(Br)cc2)C(CC(C)C)CN1. The zero-order valence-electron chi connectivity index (χ0n) is 12.9. The highest BCUT2D eigenvalue weighted by molar-refractivity contribution is 9.10. The predicted molar refractivity (Wildman–Crippen MR) is 89.9 cm³/mol. The highest BCUT2D eigenvalue weighted by Crippen LogP contribution is 2.20. The molecule has 0 radical (unpaired) electrons. The van der Waals surface area contributed by atoms with Crippen LogP contribution >= 0.6 is 15.9 Å². The summed E-state index contributed by atoms with van der Waals surface area (Å²) in [4.78, 5) is 2.67. The monoisotopic (exact) mass is 338 g/mol. The minimum atomic E-state index is 0.647. The van der Waals surface area contributed by atoms with E-state index in [-0.39, 0.29) is 0 Å². The summed E-state index contributed by atoms with van der Waals surface area (Å²) in [6, 6.07) is 10.1. The van der Waals surface area contributed by atoms with Gasteiger partial charge in [-0.1, -0.05) is 48.8 Å². The molecule has 1 aliphatic rings. The fraction of sp³-hybridized carbons (Fsp3) is 0.647. The van der Waals surface area contributed by atoms with E-state index in [0.29, 0.717) is 12.1 Å². The average Bonchev–Trinajstić information content (AvgIpc) is 2.42. The van der Waals surface area contributed by atoms with E-state index in [1.54, 1.807) is 0 Å². The number of halogens is 1. The number of piperazine rings is 1.